The van der Waals surface area contributed by atoms with E-state index < -0.39 is 11.9 Å². The molecule has 0 bridgehead atoms. The standard InChI is InChI=1S/C23H21NO4/c1-17-8-7-11-19(14-17)24-22(25)15-28-23(26)16-27-21-13-6-5-12-20(21)18-9-3-2-4-10-18/h2-14H,15-16H2,1H3,(H,24,25). The van der Waals surface area contributed by atoms with Gasteiger partial charge in [0.2, 0.25) is 0 Å². The second kappa shape index (κ2) is 9.37. The van der Waals surface area contributed by atoms with Gasteiger partial charge in [-0.25, -0.2) is 4.79 Å². The van der Waals surface area contributed by atoms with Gasteiger partial charge >= 0.3 is 5.97 Å². The minimum absolute atomic E-state index is 0.276. The van der Waals surface area contributed by atoms with E-state index >= 15 is 0 Å². The van der Waals surface area contributed by atoms with Crippen LogP contribution in [0.25, 0.3) is 11.1 Å². The average Bonchev–Trinajstić information content (AvgIpc) is 2.71. The van der Waals surface area contributed by atoms with E-state index in [4.69, 9.17) is 9.47 Å². The van der Waals surface area contributed by atoms with Crippen molar-refractivity contribution in [1.29, 1.82) is 0 Å². The lowest BCUT2D eigenvalue weighted by atomic mass is 10.1. The highest BCUT2D eigenvalue weighted by Gasteiger charge is 2.11. The van der Waals surface area contributed by atoms with E-state index in [1.54, 1.807) is 12.1 Å². The number of benzene rings is 3. The molecule has 3 rings (SSSR count). The molecule has 142 valence electrons. The highest BCUT2D eigenvalue weighted by Crippen LogP contribution is 2.29. The van der Waals surface area contributed by atoms with Crippen molar-refractivity contribution in [2.24, 2.45) is 0 Å². The first kappa shape index (κ1) is 19.2. The predicted octanol–water partition coefficient (Wildman–Crippen LogP) is 4.22. The smallest absolute Gasteiger partial charge is 0.344 e. The fourth-order valence-corrected chi connectivity index (χ4v) is 2.69. The van der Waals surface area contributed by atoms with Gasteiger partial charge in [-0.1, -0.05) is 60.7 Å². The van der Waals surface area contributed by atoms with Crippen molar-refractivity contribution < 1.29 is 19.1 Å². The molecule has 5 heteroatoms. The number of para-hydroxylation sites is 1. The number of ether oxygens (including phenoxy) is 2. The molecule has 0 unspecified atom stereocenters. The van der Waals surface area contributed by atoms with Crippen molar-refractivity contribution in [3.05, 3.63) is 84.4 Å². The van der Waals surface area contributed by atoms with E-state index in [1.807, 2.05) is 73.7 Å². The lowest BCUT2D eigenvalue weighted by molar-refractivity contribution is -0.149. The molecule has 0 atom stereocenters. The van der Waals surface area contributed by atoms with E-state index in [9.17, 15) is 9.59 Å². The molecule has 0 saturated carbocycles. The molecule has 0 radical (unpaired) electrons. The summed E-state index contributed by atoms with van der Waals surface area (Å²) in [7, 11) is 0. The Labute approximate surface area is 163 Å². The Morgan fingerprint density at radius 2 is 1.61 bits per heavy atom. The number of carbonyl (C=O) groups excluding carboxylic acids is 2. The van der Waals surface area contributed by atoms with Gasteiger partial charge < -0.3 is 14.8 Å². The summed E-state index contributed by atoms with van der Waals surface area (Å²) in [5.74, 6) is -0.430. The second-order valence-corrected chi connectivity index (χ2v) is 6.23. The first-order valence-electron chi connectivity index (χ1n) is 8.91. The number of amides is 1. The fraction of sp³-hybridized carbons (Fsp3) is 0.130. The normalized spacial score (nSPS) is 10.2. The lowest BCUT2D eigenvalue weighted by Gasteiger charge is -2.11. The van der Waals surface area contributed by atoms with Gasteiger partial charge in [-0.05, 0) is 36.2 Å². The number of carbonyl (C=O) groups is 2. The molecule has 5 nitrogen and oxygen atoms in total. The number of rotatable bonds is 7. The minimum atomic E-state index is -0.609. The number of esters is 1. The quantitative estimate of drug-likeness (QED) is 0.628. The Hall–Kier alpha value is -3.60. The maximum Gasteiger partial charge on any atom is 0.344 e. The molecule has 1 N–H and O–H groups in total. The summed E-state index contributed by atoms with van der Waals surface area (Å²) in [4.78, 5) is 23.9. The van der Waals surface area contributed by atoms with E-state index in [2.05, 4.69) is 5.32 Å². The summed E-state index contributed by atoms with van der Waals surface area (Å²) in [6, 6.07) is 24.6. The average molecular weight is 375 g/mol. The van der Waals surface area contributed by atoms with Crippen molar-refractivity contribution >= 4 is 17.6 Å². The molecule has 28 heavy (non-hydrogen) atoms. The van der Waals surface area contributed by atoms with Crippen molar-refractivity contribution in [3.63, 3.8) is 0 Å². The molecule has 3 aromatic carbocycles. The molecule has 3 aromatic rings. The molecule has 0 aromatic heterocycles. The van der Waals surface area contributed by atoms with E-state index in [-0.39, 0.29) is 13.2 Å². The van der Waals surface area contributed by atoms with E-state index in [0.717, 1.165) is 16.7 Å². The van der Waals surface area contributed by atoms with Gasteiger partial charge in [-0.2, -0.15) is 0 Å². The summed E-state index contributed by atoms with van der Waals surface area (Å²) < 4.78 is 10.6. The van der Waals surface area contributed by atoms with Crippen molar-refractivity contribution in [3.8, 4) is 16.9 Å². The van der Waals surface area contributed by atoms with Crippen LogP contribution in [0.2, 0.25) is 0 Å². The predicted molar refractivity (Wildman–Crippen MR) is 108 cm³/mol. The van der Waals surface area contributed by atoms with Crippen LogP contribution in [0.1, 0.15) is 5.56 Å². The van der Waals surface area contributed by atoms with Crippen molar-refractivity contribution in [2.45, 2.75) is 6.92 Å². The minimum Gasteiger partial charge on any atom is -0.481 e. The summed E-state index contributed by atoms with van der Waals surface area (Å²) in [5.41, 5.74) is 3.56. The third kappa shape index (κ3) is 5.45. The first-order chi connectivity index (χ1) is 13.6. The summed E-state index contributed by atoms with van der Waals surface area (Å²) in [6.07, 6.45) is 0. The first-order valence-corrected chi connectivity index (χ1v) is 8.91. The monoisotopic (exact) mass is 375 g/mol. The lowest BCUT2D eigenvalue weighted by Crippen LogP contribution is -2.23. The van der Waals surface area contributed by atoms with Crippen molar-refractivity contribution in [2.75, 3.05) is 18.5 Å². The van der Waals surface area contributed by atoms with Crippen LogP contribution in [-0.4, -0.2) is 25.1 Å². The topological polar surface area (TPSA) is 64.6 Å². The highest BCUT2D eigenvalue weighted by molar-refractivity contribution is 5.92. The molecule has 0 spiro atoms. The number of nitrogens with one attached hydrogen (secondary N) is 1. The van der Waals surface area contributed by atoms with Crippen molar-refractivity contribution in [1.82, 2.24) is 0 Å². The van der Waals surface area contributed by atoms with E-state index in [1.165, 1.54) is 0 Å². The van der Waals surface area contributed by atoms with Crippen LogP contribution < -0.4 is 10.1 Å². The van der Waals surface area contributed by atoms with E-state index in [0.29, 0.717) is 11.4 Å². The number of hydrogen-bond acceptors (Lipinski definition) is 4. The van der Waals surface area contributed by atoms with Gasteiger partial charge in [0.05, 0.1) is 0 Å². The van der Waals surface area contributed by atoms with Crippen LogP contribution in [0.3, 0.4) is 0 Å². The van der Waals surface area contributed by atoms with Crippen LogP contribution in [0, 0.1) is 6.92 Å². The third-order valence-electron chi connectivity index (χ3n) is 3.98. The second-order valence-electron chi connectivity index (χ2n) is 6.23. The maximum absolute atomic E-state index is 11.9. The van der Waals surface area contributed by atoms with Crippen LogP contribution in [0.4, 0.5) is 5.69 Å². The summed E-state index contributed by atoms with van der Waals surface area (Å²) in [5, 5.41) is 2.69. The van der Waals surface area contributed by atoms with Gasteiger partial charge in [-0.15, -0.1) is 0 Å². The number of anilines is 1. The fourth-order valence-electron chi connectivity index (χ4n) is 2.69. The Morgan fingerprint density at radius 1 is 0.857 bits per heavy atom. The Bertz CT molecular complexity index is 954. The summed E-state index contributed by atoms with van der Waals surface area (Å²) in [6.45, 7) is 1.29. The van der Waals surface area contributed by atoms with Gasteiger partial charge in [-0.3, -0.25) is 4.79 Å². The SMILES string of the molecule is Cc1cccc(NC(=O)COC(=O)COc2ccccc2-c2ccccc2)c1. The zero-order valence-corrected chi connectivity index (χ0v) is 15.6. The molecule has 0 saturated heterocycles. The van der Waals surface area contributed by atoms with Gasteiger partial charge in [0, 0.05) is 11.3 Å². The van der Waals surface area contributed by atoms with Gasteiger partial charge in [0.15, 0.2) is 13.2 Å². The van der Waals surface area contributed by atoms with Gasteiger partial charge in [0.25, 0.3) is 5.91 Å². The molecular weight excluding hydrogens is 354 g/mol. The van der Waals surface area contributed by atoms with Crippen LogP contribution in [0.5, 0.6) is 5.75 Å². The van der Waals surface area contributed by atoms with Crippen LogP contribution in [0.15, 0.2) is 78.9 Å². The molecule has 0 aliphatic carbocycles. The Kier molecular flexibility index (Phi) is 6.41. The molecule has 0 fully saturated rings. The Balaban J connectivity index is 1.50. The number of aryl methyl sites for hydroxylation is 1. The zero-order valence-electron chi connectivity index (χ0n) is 15.6. The molecule has 0 aliphatic heterocycles. The maximum atomic E-state index is 11.9. The third-order valence-corrected chi connectivity index (χ3v) is 3.98. The van der Waals surface area contributed by atoms with Crippen LogP contribution in [-0.2, 0) is 14.3 Å². The number of hydrogen-bond donors (Lipinski definition) is 1. The van der Waals surface area contributed by atoms with Crippen LogP contribution >= 0.6 is 0 Å². The zero-order chi connectivity index (χ0) is 19.8. The van der Waals surface area contributed by atoms with Gasteiger partial charge in [0.1, 0.15) is 5.75 Å². The largest absolute Gasteiger partial charge is 0.481 e. The molecular formula is C23H21NO4. The summed E-state index contributed by atoms with van der Waals surface area (Å²) >= 11 is 0. The molecule has 0 heterocycles. The molecule has 0 aliphatic rings. The highest BCUT2D eigenvalue weighted by atomic mass is 16.6. The Morgan fingerprint density at radius 3 is 2.39 bits per heavy atom. The molecule has 1 amide bonds.